The highest BCUT2D eigenvalue weighted by molar-refractivity contribution is 9.10. The molecule has 0 amide bonds. The van der Waals surface area contributed by atoms with E-state index < -0.39 is 10.0 Å². The van der Waals surface area contributed by atoms with E-state index in [4.69, 9.17) is 4.74 Å². The van der Waals surface area contributed by atoms with Crippen molar-refractivity contribution in [2.75, 3.05) is 32.1 Å². The fraction of sp³-hybridized carbons (Fsp3) is 0.583. The lowest BCUT2D eigenvalue weighted by molar-refractivity contribution is -0.00277. The third-order valence-corrected chi connectivity index (χ3v) is 5.54. The molecule has 1 atom stereocenters. The van der Waals surface area contributed by atoms with Gasteiger partial charge in [0, 0.05) is 30.8 Å². The molecule has 1 aliphatic rings. The van der Waals surface area contributed by atoms with Crippen molar-refractivity contribution >= 4 is 31.8 Å². The maximum absolute atomic E-state index is 12.8. The van der Waals surface area contributed by atoms with Gasteiger partial charge in [0.15, 0.2) is 0 Å². The predicted molar refractivity (Wildman–Crippen MR) is 80.3 cm³/mol. The minimum Gasteiger partial charge on any atom is -0.375 e. The van der Waals surface area contributed by atoms with Gasteiger partial charge in [0.2, 0.25) is 10.0 Å². The first-order valence-corrected chi connectivity index (χ1v) is 8.67. The van der Waals surface area contributed by atoms with Crippen molar-refractivity contribution in [3.8, 4) is 0 Å². The van der Waals surface area contributed by atoms with Gasteiger partial charge in [-0.1, -0.05) is 6.92 Å². The molecule has 1 unspecified atom stereocenters. The summed E-state index contributed by atoms with van der Waals surface area (Å²) in [4.78, 5) is 4.29. The maximum Gasteiger partial charge on any atom is 0.246 e. The van der Waals surface area contributed by atoms with Gasteiger partial charge in [-0.2, -0.15) is 4.31 Å². The first kappa shape index (κ1) is 15.7. The second-order valence-electron chi connectivity index (χ2n) is 4.51. The highest BCUT2D eigenvalue weighted by Crippen LogP contribution is 2.27. The maximum atomic E-state index is 12.8. The summed E-state index contributed by atoms with van der Waals surface area (Å²) in [5, 5.41) is 2.82. The molecule has 0 aliphatic carbocycles. The Morgan fingerprint density at radius 1 is 1.60 bits per heavy atom. The van der Waals surface area contributed by atoms with Crippen LogP contribution in [0.4, 0.5) is 5.82 Å². The van der Waals surface area contributed by atoms with E-state index in [1.807, 2.05) is 6.92 Å². The molecule has 1 aliphatic heterocycles. The summed E-state index contributed by atoms with van der Waals surface area (Å²) < 4.78 is 33.1. The van der Waals surface area contributed by atoms with Crippen molar-refractivity contribution in [2.45, 2.75) is 24.3 Å². The van der Waals surface area contributed by atoms with Gasteiger partial charge < -0.3 is 10.1 Å². The molecule has 1 N–H and O–H groups in total. The number of pyridine rings is 1. The van der Waals surface area contributed by atoms with Crippen LogP contribution < -0.4 is 5.32 Å². The minimum atomic E-state index is -3.57. The Morgan fingerprint density at radius 2 is 2.35 bits per heavy atom. The van der Waals surface area contributed by atoms with Crippen molar-refractivity contribution in [1.29, 1.82) is 0 Å². The molecule has 0 aromatic carbocycles. The number of morpholine rings is 1. The molecule has 6 nitrogen and oxygen atoms in total. The fourth-order valence-corrected chi connectivity index (χ4v) is 4.22. The van der Waals surface area contributed by atoms with Crippen LogP contribution in [0.15, 0.2) is 21.6 Å². The summed E-state index contributed by atoms with van der Waals surface area (Å²) in [6.45, 7) is 3.16. The Labute approximate surface area is 127 Å². The quantitative estimate of drug-likeness (QED) is 0.880. The second kappa shape index (κ2) is 6.38. The summed E-state index contributed by atoms with van der Waals surface area (Å²) in [5.74, 6) is 0.354. The number of sulfonamides is 1. The first-order valence-electron chi connectivity index (χ1n) is 6.44. The topological polar surface area (TPSA) is 71.5 Å². The zero-order chi connectivity index (χ0) is 14.8. The van der Waals surface area contributed by atoms with Gasteiger partial charge in [-0.3, -0.25) is 0 Å². The van der Waals surface area contributed by atoms with E-state index in [0.717, 1.165) is 6.42 Å². The van der Waals surface area contributed by atoms with Crippen LogP contribution >= 0.6 is 15.9 Å². The van der Waals surface area contributed by atoms with Gasteiger partial charge in [-0.25, -0.2) is 13.4 Å². The van der Waals surface area contributed by atoms with E-state index in [9.17, 15) is 8.42 Å². The second-order valence-corrected chi connectivity index (χ2v) is 7.34. The summed E-state index contributed by atoms with van der Waals surface area (Å²) in [6.07, 6.45) is 2.32. The molecule has 20 heavy (non-hydrogen) atoms. The number of hydrogen-bond donors (Lipinski definition) is 1. The van der Waals surface area contributed by atoms with Crippen molar-refractivity contribution in [3.05, 3.63) is 16.7 Å². The van der Waals surface area contributed by atoms with Crippen molar-refractivity contribution in [1.82, 2.24) is 9.29 Å². The van der Waals surface area contributed by atoms with Gasteiger partial charge in [-0.15, -0.1) is 0 Å². The zero-order valence-corrected chi connectivity index (χ0v) is 13.9. The Morgan fingerprint density at radius 3 is 3.00 bits per heavy atom. The molecular weight excluding hydrogens is 346 g/mol. The normalized spacial score (nSPS) is 20.9. The smallest absolute Gasteiger partial charge is 0.246 e. The Bertz CT molecular complexity index is 579. The first-order chi connectivity index (χ1) is 9.48. The van der Waals surface area contributed by atoms with Crippen molar-refractivity contribution in [3.63, 3.8) is 0 Å². The summed E-state index contributed by atoms with van der Waals surface area (Å²) >= 11 is 3.27. The van der Waals surface area contributed by atoms with Gasteiger partial charge >= 0.3 is 0 Å². The van der Waals surface area contributed by atoms with Crippen LogP contribution in [0.25, 0.3) is 0 Å². The Hall–Kier alpha value is -0.700. The standard InChI is InChI=1S/C12H18BrN3O3S/c1-3-10-8-16(4-5-19-10)20(17,18)11-6-9(13)7-15-12(11)14-2/h6-7,10H,3-5,8H2,1-2H3,(H,14,15). The largest absolute Gasteiger partial charge is 0.375 e. The number of nitrogens with one attached hydrogen (secondary N) is 1. The molecule has 1 fully saturated rings. The molecular formula is C12H18BrN3O3S. The Balaban J connectivity index is 2.37. The summed E-state index contributed by atoms with van der Waals surface area (Å²) in [5.41, 5.74) is 0. The van der Waals surface area contributed by atoms with Crippen LogP contribution in [0, 0.1) is 0 Å². The SMILES string of the molecule is CCC1CN(S(=O)(=O)c2cc(Br)cnc2NC)CCO1. The number of nitrogens with zero attached hydrogens (tertiary/aromatic N) is 2. The summed E-state index contributed by atoms with van der Waals surface area (Å²) in [6, 6.07) is 1.57. The molecule has 0 bridgehead atoms. The molecule has 0 radical (unpaired) electrons. The lowest BCUT2D eigenvalue weighted by Crippen LogP contribution is -2.45. The molecule has 0 spiro atoms. The average Bonchev–Trinajstić information content (AvgIpc) is 2.47. The van der Waals surface area contributed by atoms with Crippen LogP contribution in [-0.4, -0.2) is 50.6 Å². The number of aromatic nitrogens is 1. The molecule has 2 heterocycles. The number of anilines is 1. The number of halogens is 1. The predicted octanol–water partition coefficient (Wildman–Crippen LogP) is 1.69. The van der Waals surface area contributed by atoms with Crippen LogP contribution in [-0.2, 0) is 14.8 Å². The molecule has 1 aromatic rings. The molecule has 2 rings (SSSR count). The van der Waals surface area contributed by atoms with Crippen molar-refractivity contribution in [2.24, 2.45) is 0 Å². The van der Waals surface area contributed by atoms with Crippen LogP contribution in [0.3, 0.4) is 0 Å². The zero-order valence-electron chi connectivity index (χ0n) is 11.5. The van der Waals surface area contributed by atoms with Crippen LogP contribution in [0.5, 0.6) is 0 Å². The molecule has 8 heteroatoms. The van der Waals surface area contributed by atoms with E-state index in [-0.39, 0.29) is 11.0 Å². The van der Waals surface area contributed by atoms with E-state index in [1.54, 1.807) is 19.3 Å². The molecule has 0 saturated carbocycles. The van der Waals surface area contributed by atoms with E-state index >= 15 is 0 Å². The Kier molecular flexibility index (Phi) is 5.00. The highest BCUT2D eigenvalue weighted by atomic mass is 79.9. The minimum absolute atomic E-state index is 0.0447. The fourth-order valence-electron chi connectivity index (χ4n) is 2.10. The molecule has 112 valence electrons. The van der Waals surface area contributed by atoms with Crippen molar-refractivity contribution < 1.29 is 13.2 Å². The lowest BCUT2D eigenvalue weighted by Gasteiger charge is -2.31. The van der Waals surface area contributed by atoms with E-state index in [1.165, 1.54) is 4.31 Å². The van der Waals surface area contributed by atoms with Gasteiger partial charge in [0.25, 0.3) is 0 Å². The molecule has 1 saturated heterocycles. The average molecular weight is 364 g/mol. The number of ether oxygens (including phenoxy) is 1. The highest BCUT2D eigenvalue weighted by Gasteiger charge is 2.32. The van der Waals surface area contributed by atoms with Gasteiger partial charge in [0.05, 0.1) is 12.7 Å². The number of hydrogen-bond acceptors (Lipinski definition) is 5. The van der Waals surface area contributed by atoms with Crippen LogP contribution in [0.2, 0.25) is 0 Å². The molecule has 1 aromatic heterocycles. The van der Waals surface area contributed by atoms with E-state index in [2.05, 4.69) is 26.2 Å². The summed E-state index contributed by atoms with van der Waals surface area (Å²) in [7, 11) is -1.92. The third kappa shape index (κ3) is 3.13. The number of rotatable bonds is 4. The monoisotopic (exact) mass is 363 g/mol. The lowest BCUT2D eigenvalue weighted by atomic mass is 10.2. The van der Waals surface area contributed by atoms with Gasteiger partial charge in [-0.05, 0) is 28.4 Å². The van der Waals surface area contributed by atoms with E-state index in [0.29, 0.717) is 30.0 Å². The van der Waals surface area contributed by atoms with Gasteiger partial charge in [0.1, 0.15) is 10.7 Å². The van der Waals surface area contributed by atoms with Crippen LogP contribution in [0.1, 0.15) is 13.3 Å². The third-order valence-electron chi connectivity index (χ3n) is 3.23.